The minimum atomic E-state index is -4.19. The van der Waals surface area contributed by atoms with E-state index in [4.69, 9.17) is 32.7 Å². The van der Waals surface area contributed by atoms with Gasteiger partial charge in [-0.05, 0) is 97.5 Å². The maximum absolute atomic E-state index is 13.6. The van der Waals surface area contributed by atoms with E-state index in [9.17, 15) is 23.4 Å². The lowest BCUT2D eigenvalue weighted by Crippen LogP contribution is -2.47. The van der Waals surface area contributed by atoms with Crippen LogP contribution in [-0.2, 0) is 34.1 Å². The molecule has 0 aliphatic heterocycles. The van der Waals surface area contributed by atoms with Crippen LogP contribution in [0.25, 0.3) is 11.1 Å². The normalized spacial score (nSPS) is 14.4. The molecule has 9 nitrogen and oxygen atoms in total. The summed E-state index contributed by atoms with van der Waals surface area (Å²) in [5, 5.41) is 23.3. The first kappa shape index (κ1) is 36.0. The van der Waals surface area contributed by atoms with Gasteiger partial charge in [-0.3, -0.25) is 4.79 Å². The molecule has 250 valence electrons. The standard InChI is InChI=1S/C34H42Cl2N2O7S/c1-34(2,18-21-12-22-8-6-7-9-23(22)13-21)37-19-26(39)20-38(3)46(42,43)33-28(35)14-25(15-29(33)36)27-17-31(45-5)30(44-4)16-24(27)10-11-32(40)41/h6-9,14-17,21,26,37,39H,10-13,18-20H2,1-5H3,(H,40,41)/t26-/m1/s1. The van der Waals surface area contributed by atoms with Gasteiger partial charge < -0.3 is 25.0 Å². The van der Waals surface area contributed by atoms with Crippen LogP contribution in [0.1, 0.15) is 43.4 Å². The average Bonchev–Trinajstić information content (AvgIpc) is 3.39. The molecule has 1 aliphatic rings. The van der Waals surface area contributed by atoms with E-state index < -0.39 is 22.1 Å². The van der Waals surface area contributed by atoms with Gasteiger partial charge in [0.25, 0.3) is 0 Å². The number of hydrogen-bond donors (Lipinski definition) is 3. The van der Waals surface area contributed by atoms with Crippen LogP contribution in [0.15, 0.2) is 53.4 Å². The lowest BCUT2D eigenvalue weighted by atomic mass is 9.88. The zero-order chi connectivity index (χ0) is 33.8. The number of carboxylic acids is 1. The Morgan fingerprint density at radius 3 is 2.15 bits per heavy atom. The summed E-state index contributed by atoms with van der Waals surface area (Å²) in [6, 6.07) is 14.8. The first-order valence-electron chi connectivity index (χ1n) is 15.1. The van der Waals surface area contributed by atoms with Crippen molar-refractivity contribution in [1.29, 1.82) is 0 Å². The number of aliphatic carboxylic acids is 1. The molecular weight excluding hydrogens is 651 g/mol. The summed E-state index contributed by atoms with van der Waals surface area (Å²) in [6.45, 7) is 4.21. The third-order valence-corrected chi connectivity index (χ3v) is 11.2. The smallest absolute Gasteiger partial charge is 0.303 e. The first-order chi connectivity index (χ1) is 21.6. The summed E-state index contributed by atoms with van der Waals surface area (Å²) in [5.41, 5.74) is 4.21. The van der Waals surface area contributed by atoms with Crippen molar-refractivity contribution in [2.45, 2.75) is 62.5 Å². The number of carbonyl (C=O) groups is 1. The number of hydrogen-bond acceptors (Lipinski definition) is 7. The van der Waals surface area contributed by atoms with Crippen LogP contribution >= 0.6 is 23.2 Å². The average molecular weight is 694 g/mol. The molecule has 3 aromatic rings. The number of fused-ring (bicyclic) bond motifs is 1. The van der Waals surface area contributed by atoms with E-state index in [1.807, 2.05) is 0 Å². The maximum atomic E-state index is 13.6. The number of nitrogens with zero attached hydrogens (tertiary/aromatic N) is 1. The van der Waals surface area contributed by atoms with Crippen LogP contribution in [0.2, 0.25) is 10.0 Å². The van der Waals surface area contributed by atoms with E-state index in [1.54, 1.807) is 12.1 Å². The molecule has 0 saturated carbocycles. The quantitative estimate of drug-likeness (QED) is 0.181. The van der Waals surface area contributed by atoms with Crippen LogP contribution in [0.5, 0.6) is 11.5 Å². The molecule has 0 heterocycles. The Kier molecular flexibility index (Phi) is 11.7. The van der Waals surface area contributed by atoms with Crippen molar-refractivity contribution < 1.29 is 32.9 Å². The van der Waals surface area contributed by atoms with Crippen LogP contribution in [0, 0.1) is 5.92 Å². The Morgan fingerprint density at radius 2 is 1.61 bits per heavy atom. The highest BCUT2D eigenvalue weighted by Gasteiger charge is 2.31. The minimum Gasteiger partial charge on any atom is -0.493 e. The topological polar surface area (TPSA) is 125 Å². The molecule has 12 heteroatoms. The van der Waals surface area contributed by atoms with Crippen molar-refractivity contribution in [3.05, 3.63) is 75.3 Å². The predicted molar refractivity (Wildman–Crippen MR) is 181 cm³/mol. The number of aliphatic hydroxyl groups excluding tert-OH is 1. The highest BCUT2D eigenvalue weighted by molar-refractivity contribution is 7.89. The molecular formula is C34H42Cl2N2O7S. The summed E-state index contributed by atoms with van der Waals surface area (Å²) in [5.74, 6) is 0.353. The van der Waals surface area contributed by atoms with Crippen molar-refractivity contribution in [2.24, 2.45) is 5.92 Å². The van der Waals surface area contributed by atoms with Gasteiger partial charge in [0.05, 0.1) is 30.4 Å². The van der Waals surface area contributed by atoms with Crippen molar-refractivity contribution in [2.75, 3.05) is 34.4 Å². The summed E-state index contributed by atoms with van der Waals surface area (Å²) >= 11 is 13.2. The Labute approximate surface area is 281 Å². The van der Waals surface area contributed by atoms with E-state index >= 15 is 0 Å². The van der Waals surface area contributed by atoms with Gasteiger partial charge in [-0.2, -0.15) is 4.31 Å². The number of benzene rings is 3. The Hall–Kier alpha value is -2.86. The SMILES string of the molecule is COc1cc(CCC(=O)O)c(-c2cc(Cl)c(S(=O)(=O)N(C)C[C@H](O)CNC(C)(C)CC3Cc4ccccc4C3)c(Cl)c2)cc1OC. The monoisotopic (exact) mass is 692 g/mol. The second-order valence-corrected chi connectivity index (χ2v) is 15.3. The zero-order valence-electron chi connectivity index (χ0n) is 26.8. The van der Waals surface area contributed by atoms with Gasteiger partial charge in [0.15, 0.2) is 11.5 Å². The number of carboxylic acid groups (broad SMARTS) is 1. The van der Waals surface area contributed by atoms with Crippen LogP contribution in [-0.4, -0.2) is 74.9 Å². The molecule has 3 N–H and O–H groups in total. The number of likely N-dealkylation sites (N-methyl/N-ethyl adjacent to an activating group) is 1. The highest BCUT2D eigenvalue weighted by atomic mass is 35.5. The molecule has 0 spiro atoms. The number of rotatable bonds is 15. The number of β-amino-alcohol motifs (C(OH)–C–C–N with tert-alkyl or cyclic N) is 1. The molecule has 0 bridgehead atoms. The van der Waals surface area contributed by atoms with Crippen molar-refractivity contribution >= 4 is 39.2 Å². The van der Waals surface area contributed by atoms with Crippen LogP contribution in [0.3, 0.4) is 0 Å². The van der Waals surface area contributed by atoms with Crippen LogP contribution in [0.4, 0.5) is 0 Å². The van der Waals surface area contributed by atoms with E-state index in [0.717, 1.165) is 23.6 Å². The van der Waals surface area contributed by atoms with Gasteiger partial charge in [0.2, 0.25) is 10.0 Å². The fourth-order valence-electron chi connectivity index (χ4n) is 6.20. The molecule has 46 heavy (non-hydrogen) atoms. The lowest BCUT2D eigenvalue weighted by molar-refractivity contribution is -0.136. The minimum absolute atomic E-state index is 0.111. The molecule has 1 atom stereocenters. The summed E-state index contributed by atoms with van der Waals surface area (Å²) in [7, 11) is 0.134. The van der Waals surface area contributed by atoms with E-state index in [1.165, 1.54) is 44.5 Å². The largest absolute Gasteiger partial charge is 0.493 e. The summed E-state index contributed by atoms with van der Waals surface area (Å²) < 4.78 is 39.2. The lowest BCUT2D eigenvalue weighted by Gasteiger charge is -2.31. The van der Waals surface area contributed by atoms with Gasteiger partial charge in [-0.15, -0.1) is 0 Å². The first-order valence-corrected chi connectivity index (χ1v) is 17.3. The number of nitrogens with one attached hydrogen (secondary N) is 1. The Balaban J connectivity index is 1.47. The van der Waals surface area contributed by atoms with Gasteiger partial charge >= 0.3 is 5.97 Å². The van der Waals surface area contributed by atoms with Crippen molar-refractivity contribution in [3.8, 4) is 22.6 Å². The second kappa shape index (κ2) is 14.9. The number of methoxy groups -OCH3 is 2. The number of sulfonamides is 1. The van der Waals surface area contributed by atoms with E-state index in [0.29, 0.717) is 34.1 Å². The maximum Gasteiger partial charge on any atom is 0.303 e. The van der Waals surface area contributed by atoms with E-state index in [2.05, 4.69) is 43.4 Å². The third-order valence-electron chi connectivity index (χ3n) is 8.41. The Morgan fingerprint density at radius 1 is 1.04 bits per heavy atom. The molecule has 0 aromatic heterocycles. The van der Waals surface area contributed by atoms with Crippen molar-refractivity contribution in [1.82, 2.24) is 9.62 Å². The molecule has 0 amide bonds. The fraction of sp³-hybridized carbons (Fsp3) is 0.441. The van der Waals surface area contributed by atoms with Gasteiger partial charge in [0.1, 0.15) is 4.90 Å². The number of halogens is 2. The van der Waals surface area contributed by atoms with Gasteiger partial charge in [-0.25, -0.2) is 8.42 Å². The number of aliphatic hydroxyl groups is 1. The number of aryl methyl sites for hydroxylation is 1. The van der Waals surface area contributed by atoms with Crippen LogP contribution < -0.4 is 14.8 Å². The van der Waals surface area contributed by atoms with Gasteiger partial charge in [0, 0.05) is 32.1 Å². The predicted octanol–water partition coefficient (Wildman–Crippen LogP) is 5.85. The second-order valence-electron chi connectivity index (χ2n) is 12.5. The molecule has 1 aliphatic carbocycles. The van der Waals surface area contributed by atoms with E-state index in [-0.39, 0.29) is 46.4 Å². The van der Waals surface area contributed by atoms with Crippen molar-refractivity contribution in [3.63, 3.8) is 0 Å². The highest BCUT2D eigenvalue weighted by Crippen LogP contribution is 2.41. The third kappa shape index (κ3) is 8.53. The molecule has 3 aromatic carbocycles. The summed E-state index contributed by atoms with van der Waals surface area (Å²) in [6.07, 6.45) is 2.03. The molecule has 0 saturated heterocycles. The fourth-order valence-corrected chi connectivity index (χ4v) is 8.56. The Bertz CT molecular complexity index is 1630. The molecule has 4 rings (SSSR count). The zero-order valence-corrected chi connectivity index (χ0v) is 29.1. The summed E-state index contributed by atoms with van der Waals surface area (Å²) in [4.78, 5) is 11.0. The number of ether oxygens (including phenoxy) is 2. The van der Waals surface area contributed by atoms with Gasteiger partial charge in [-0.1, -0.05) is 47.5 Å². The molecule has 0 radical (unpaired) electrons. The molecule has 0 fully saturated rings. The molecule has 0 unspecified atom stereocenters.